The minimum absolute atomic E-state index is 0.0365. The summed E-state index contributed by atoms with van der Waals surface area (Å²) < 4.78 is 11.5. The molecule has 0 aromatic rings. The number of hydrogen-bond donors (Lipinski definition) is 0. The van der Waals surface area contributed by atoms with E-state index in [1.807, 2.05) is 12.2 Å². The highest BCUT2D eigenvalue weighted by molar-refractivity contribution is 7.03. The summed E-state index contributed by atoms with van der Waals surface area (Å²) in [6.07, 6.45) is 5.91. The summed E-state index contributed by atoms with van der Waals surface area (Å²) in [5.41, 5.74) is 1.86. The zero-order valence-corrected chi connectivity index (χ0v) is 14.0. The van der Waals surface area contributed by atoms with E-state index in [-0.39, 0.29) is 5.78 Å². The maximum absolute atomic E-state index is 12.6. The van der Waals surface area contributed by atoms with Crippen LogP contribution in [0.2, 0.25) is 26.2 Å². The summed E-state index contributed by atoms with van der Waals surface area (Å²) >= 11 is 0. The quantitative estimate of drug-likeness (QED) is 0.750. The smallest absolute Gasteiger partial charge is 0.252 e. The number of hydrogen-bond acceptors (Lipinski definition) is 3. The van der Waals surface area contributed by atoms with Gasteiger partial charge in [0, 0.05) is 12.7 Å². The molecule has 0 aromatic heterocycles. The molecule has 1 fully saturated rings. The highest BCUT2D eigenvalue weighted by atomic mass is 28.4. The second-order valence-corrected chi connectivity index (χ2v) is 14.2. The van der Waals surface area contributed by atoms with Crippen LogP contribution in [0.5, 0.6) is 0 Å². The average Bonchev–Trinajstić information content (AvgIpc) is 2.71. The molecule has 2 aliphatic carbocycles. The van der Waals surface area contributed by atoms with E-state index in [0.717, 1.165) is 11.1 Å². The minimum atomic E-state index is -1.86. The van der Waals surface area contributed by atoms with Gasteiger partial charge in [0.2, 0.25) is 14.1 Å². The van der Waals surface area contributed by atoms with Crippen LogP contribution in [0.3, 0.4) is 0 Å². The van der Waals surface area contributed by atoms with Gasteiger partial charge < -0.3 is 8.85 Å². The third-order valence-electron chi connectivity index (χ3n) is 3.73. The molecule has 1 unspecified atom stereocenters. The molecule has 0 saturated carbocycles. The fraction of sp³-hybridized carbons (Fsp3) is 0.357. The molecule has 0 amide bonds. The average molecular weight is 290 g/mol. The highest BCUT2D eigenvalue weighted by Gasteiger charge is 2.61. The molecule has 1 atom stereocenters. The van der Waals surface area contributed by atoms with Gasteiger partial charge in [-0.15, -0.1) is 0 Å². The standard InChI is InChI=1S/C14H18O3Si2/c1-16-19(5)11-8-9-6-7-10(17-18(2,3)4)13(15)12(9)14(11)19/h6-8H,1-5H3. The summed E-state index contributed by atoms with van der Waals surface area (Å²) in [6.45, 7) is 8.40. The molecule has 1 heterocycles. The lowest BCUT2D eigenvalue weighted by molar-refractivity contribution is -0.114. The lowest BCUT2D eigenvalue weighted by Gasteiger charge is -2.23. The molecule has 0 bridgehead atoms. The van der Waals surface area contributed by atoms with Crippen LogP contribution in [0.1, 0.15) is 0 Å². The van der Waals surface area contributed by atoms with Crippen molar-refractivity contribution in [3.05, 3.63) is 45.5 Å². The van der Waals surface area contributed by atoms with Gasteiger partial charge in [0.05, 0.1) is 0 Å². The maximum atomic E-state index is 12.6. The Morgan fingerprint density at radius 3 is 2.47 bits per heavy atom. The summed E-state index contributed by atoms with van der Waals surface area (Å²) in [4.78, 5) is 12.6. The van der Waals surface area contributed by atoms with Gasteiger partial charge in [-0.3, -0.25) is 4.79 Å². The first kappa shape index (κ1) is 12.8. The third-order valence-corrected chi connectivity index (χ3v) is 8.02. The Balaban J connectivity index is 1.98. The monoisotopic (exact) mass is 290 g/mol. The molecule has 100 valence electrons. The Kier molecular flexibility index (Phi) is 2.49. The molecule has 1 saturated heterocycles. The number of rotatable bonds is 3. The topological polar surface area (TPSA) is 35.5 Å². The lowest BCUT2D eigenvalue weighted by atomic mass is 9.99. The molecular weight excluding hydrogens is 272 g/mol. The van der Waals surface area contributed by atoms with Crippen molar-refractivity contribution in [2.24, 2.45) is 0 Å². The highest BCUT2D eigenvalue weighted by Crippen LogP contribution is 2.56. The molecule has 0 spiro atoms. The van der Waals surface area contributed by atoms with Crippen LogP contribution in [0, 0.1) is 0 Å². The van der Waals surface area contributed by atoms with Gasteiger partial charge in [0.1, 0.15) is 0 Å². The molecule has 1 aliphatic heterocycles. The first-order valence-electron chi connectivity index (χ1n) is 6.46. The molecule has 0 N–H and O–H groups in total. The summed E-state index contributed by atoms with van der Waals surface area (Å²) in [5, 5.41) is 2.45. The Morgan fingerprint density at radius 1 is 1.21 bits per heavy atom. The van der Waals surface area contributed by atoms with Crippen LogP contribution in [0.4, 0.5) is 0 Å². The van der Waals surface area contributed by atoms with E-state index in [1.165, 1.54) is 10.4 Å². The van der Waals surface area contributed by atoms with Crippen molar-refractivity contribution in [2.45, 2.75) is 26.2 Å². The summed E-state index contributed by atoms with van der Waals surface area (Å²) in [7, 11) is -1.88. The number of fused-ring (bicyclic) bond motifs is 2. The second kappa shape index (κ2) is 3.68. The number of ketones is 1. The van der Waals surface area contributed by atoms with Crippen molar-refractivity contribution in [1.29, 1.82) is 0 Å². The fourth-order valence-corrected chi connectivity index (χ4v) is 6.60. The van der Waals surface area contributed by atoms with Crippen molar-refractivity contribution in [1.82, 2.24) is 0 Å². The van der Waals surface area contributed by atoms with Crippen LogP contribution in [0.25, 0.3) is 0 Å². The fourth-order valence-electron chi connectivity index (χ4n) is 2.70. The number of Topliss-reactive ketones (excluding diaryl/α,β-unsaturated/α-hetero) is 1. The normalized spacial score (nSPS) is 28.5. The first-order chi connectivity index (χ1) is 8.78. The Labute approximate surface area is 115 Å². The lowest BCUT2D eigenvalue weighted by Crippen LogP contribution is -2.29. The van der Waals surface area contributed by atoms with Crippen LogP contribution in [0.15, 0.2) is 45.5 Å². The number of carbonyl (C=O) groups excluding carboxylic acids is 1. The van der Waals surface area contributed by atoms with Crippen molar-refractivity contribution in [3.63, 3.8) is 0 Å². The molecule has 19 heavy (non-hydrogen) atoms. The number of carbonyl (C=O) groups is 1. The van der Waals surface area contributed by atoms with E-state index in [2.05, 4.69) is 32.3 Å². The van der Waals surface area contributed by atoms with E-state index in [9.17, 15) is 4.79 Å². The van der Waals surface area contributed by atoms with Gasteiger partial charge >= 0.3 is 0 Å². The van der Waals surface area contributed by atoms with Gasteiger partial charge in [0.15, 0.2) is 5.76 Å². The third kappa shape index (κ3) is 1.76. The minimum Gasteiger partial charge on any atom is -0.542 e. The van der Waals surface area contributed by atoms with E-state index in [1.54, 1.807) is 7.11 Å². The first-order valence-corrected chi connectivity index (χ1v) is 12.3. The zero-order chi connectivity index (χ0) is 14.0. The molecule has 3 nitrogen and oxygen atoms in total. The zero-order valence-electron chi connectivity index (χ0n) is 12.0. The van der Waals surface area contributed by atoms with E-state index < -0.39 is 16.6 Å². The Bertz CT molecular complexity index is 617. The summed E-state index contributed by atoms with van der Waals surface area (Å²) in [6, 6.07) is 0. The largest absolute Gasteiger partial charge is 0.542 e. The van der Waals surface area contributed by atoms with Crippen molar-refractivity contribution < 1.29 is 13.6 Å². The molecule has 3 aliphatic rings. The van der Waals surface area contributed by atoms with Crippen LogP contribution < -0.4 is 0 Å². The van der Waals surface area contributed by atoms with Crippen molar-refractivity contribution in [2.75, 3.05) is 7.11 Å². The predicted molar refractivity (Wildman–Crippen MR) is 79.3 cm³/mol. The predicted octanol–water partition coefficient (Wildman–Crippen LogP) is 2.78. The Hall–Kier alpha value is -1.18. The van der Waals surface area contributed by atoms with Crippen LogP contribution in [-0.4, -0.2) is 29.5 Å². The molecule has 0 radical (unpaired) electrons. The van der Waals surface area contributed by atoms with E-state index >= 15 is 0 Å². The van der Waals surface area contributed by atoms with Gasteiger partial charge in [-0.05, 0) is 48.2 Å². The molecular formula is C14H18O3Si2. The molecule has 0 aromatic carbocycles. The van der Waals surface area contributed by atoms with Crippen molar-refractivity contribution >= 4 is 22.4 Å². The van der Waals surface area contributed by atoms with Crippen molar-refractivity contribution in [3.8, 4) is 0 Å². The maximum Gasteiger partial charge on any atom is 0.252 e. The van der Waals surface area contributed by atoms with E-state index in [0.29, 0.717) is 5.76 Å². The second-order valence-electron chi connectivity index (χ2n) is 6.24. The summed E-state index contributed by atoms with van der Waals surface area (Å²) in [5.74, 6) is 0.536. The van der Waals surface area contributed by atoms with Gasteiger partial charge in [-0.1, -0.05) is 12.2 Å². The van der Waals surface area contributed by atoms with Gasteiger partial charge in [0.25, 0.3) is 8.32 Å². The Morgan fingerprint density at radius 2 is 1.89 bits per heavy atom. The number of allylic oxidation sites excluding steroid dienone is 7. The van der Waals surface area contributed by atoms with Crippen LogP contribution in [-0.2, 0) is 13.6 Å². The van der Waals surface area contributed by atoms with E-state index in [4.69, 9.17) is 8.85 Å². The molecule has 5 heteroatoms. The van der Waals surface area contributed by atoms with Gasteiger partial charge in [-0.25, -0.2) is 0 Å². The molecule has 3 rings (SSSR count). The SMILES string of the molecule is CO[Si]1(C)C2=CC3=CC=C(O[Si](C)(C)C)C(=O)C3=C21. The van der Waals surface area contributed by atoms with Crippen LogP contribution >= 0.6 is 0 Å². The van der Waals surface area contributed by atoms with Gasteiger partial charge in [-0.2, -0.15) is 0 Å².